The first-order chi connectivity index (χ1) is 17.3. The van der Waals surface area contributed by atoms with Crippen LogP contribution in [0.2, 0.25) is 0 Å². The zero-order valence-electron chi connectivity index (χ0n) is 21.6. The van der Waals surface area contributed by atoms with E-state index in [2.05, 4.69) is 10.6 Å². The smallest absolute Gasteiger partial charge is 0.407 e. The van der Waals surface area contributed by atoms with Crippen molar-refractivity contribution in [2.45, 2.75) is 90.3 Å². The summed E-state index contributed by atoms with van der Waals surface area (Å²) < 4.78 is 20.3. The Hall–Kier alpha value is -2.78. The number of rotatable bonds is 12. The van der Waals surface area contributed by atoms with Crippen LogP contribution in [0.1, 0.15) is 78.1 Å². The van der Waals surface area contributed by atoms with Crippen LogP contribution < -0.4 is 10.6 Å². The second kappa shape index (κ2) is 16.8. The van der Waals surface area contributed by atoms with Gasteiger partial charge in [-0.3, -0.25) is 0 Å². The van der Waals surface area contributed by atoms with Gasteiger partial charge in [0.15, 0.2) is 0 Å². The van der Waals surface area contributed by atoms with Gasteiger partial charge < -0.3 is 29.6 Å². The lowest BCUT2D eigenvalue weighted by atomic mass is 9.89. The summed E-state index contributed by atoms with van der Waals surface area (Å²) >= 11 is 0. The number of carbonyl (C=O) groups excluding carboxylic acids is 4. The van der Waals surface area contributed by atoms with E-state index in [1.807, 2.05) is 0 Å². The monoisotopic (exact) mass is 510 g/mol. The Morgan fingerprint density at radius 3 is 1.39 bits per heavy atom. The molecule has 36 heavy (non-hydrogen) atoms. The molecule has 0 aromatic heterocycles. The van der Waals surface area contributed by atoms with E-state index in [0.717, 1.165) is 37.8 Å². The summed E-state index contributed by atoms with van der Waals surface area (Å²) in [5, 5.41) is 5.51. The third kappa shape index (κ3) is 13.3. The van der Waals surface area contributed by atoms with Gasteiger partial charge in [-0.2, -0.15) is 0 Å². The Kier molecular flexibility index (Phi) is 13.8. The van der Waals surface area contributed by atoms with Crippen LogP contribution in [0, 0.1) is 11.8 Å². The molecule has 0 bridgehead atoms. The Bertz CT molecular complexity index is 669. The molecule has 2 rings (SSSR count). The molecule has 0 aliphatic heterocycles. The van der Waals surface area contributed by atoms with Crippen molar-refractivity contribution in [3.63, 3.8) is 0 Å². The molecule has 0 spiro atoms. The van der Waals surface area contributed by atoms with Crippen molar-refractivity contribution >= 4 is 24.1 Å². The molecule has 204 valence electrons. The first-order valence-corrected chi connectivity index (χ1v) is 13.2. The highest BCUT2D eigenvalue weighted by atomic mass is 16.6. The van der Waals surface area contributed by atoms with Crippen LogP contribution in [0.3, 0.4) is 0 Å². The second-order valence-electron chi connectivity index (χ2n) is 9.80. The van der Waals surface area contributed by atoms with Gasteiger partial charge >= 0.3 is 24.1 Å². The van der Waals surface area contributed by atoms with E-state index in [1.165, 1.54) is 38.5 Å². The number of hydrogen-bond donors (Lipinski definition) is 2. The maximum Gasteiger partial charge on any atom is 0.407 e. The molecule has 0 saturated heterocycles. The largest absolute Gasteiger partial charge is 0.459 e. The van der Waals surface area contributed by atoms with Gasteiger partial charge in [0.05, 0.1) is 0 Å². The lowest BCUT2D eigenvalue weighted by molar-refractivity contribution is -0.143. The van der Waals surface area contributed by atoms with Crippen LogP contribution in [0.15, 0.2) is 12.2 Å². The molecule has 10 nitrogen and oxygen atoms in total. The fraction of sp³-hybridized carbons (Fsp3) is 0.769. The van der Waals surface area contributed by atoms with Gasteiger partial charge in [-0.1, -0.05) is 38.5 Å². The standard InChI is InChI=1S/C26H42N2O8/c1-19(35-25(31)27-15-21-9-5-3-6-10-21)17-33-23(29)13-14-24(30)34-18-20(2)36-26(32)28-16-22-11-7-4-8-12-22/h13-14,19-22H,3-12,15-18H2,1-2H3,(H,27,31)(H,28,32)/b14-13+/t19-,20-/m1/s1. The topological polar surface area (TPSA) is 129 Å². The van der Waals surface area contributed by atoms with Crippen molar-refractivity contribution in [3.8, 4) is 0 Å². The molecule has 0 radical (unpaired) electrons. The number of nitrogens with one attached hydrogen (secondary N) is 2. The molecule has 0 unspecified atom stereocenters. The summed E-state index contributed by atoms with van der Waals surface area (Å²) in [7, 11) is 0. The average Bonchev–Trinajstić information content (AvgIpc) is 2.88. The first kappa shape index (κ1) is 29.5. The molecule has 2 fully saturated rings. The van der Waals surface area contributed by atoms with E-state index in [1.54, 1.807) is 13.8 Å². The maximum atomic E-state index is 11.9. The lowest BCUT2D eigenvalue weighted by Crippen LogP contribution is -2.34. The van der Waals surface area contributed by atoms with Crippen molar-refractivity contribution < 1.29 is 38.1 Å². The third-order valence-corrected chi connectivity index (χ3v) is 6.41. The summed E-state index contributed by atoms with van der Waals surface area (Å²) in [6.07, 6.45) is 11.2. The Morgan fingerprint density at radius 1 is 0.667 bits per heavy atom. The van der Waals surface area contributed by atoms with Gasteiger partial charge in [0, 0.05) is 25.2 Å². The minimum Gasteiger partial charge on any atom is -0.459 e. The molecule has 2 aliphatic rings. The fourth-order valence-electron chi connectivity index (χ4n) is 4.39. The molecule has 0 heterocycles. The molecule has 0 aromatic carbocycles. The highest BCUT2D eigenvalue weighted by Crippen LogP contribution is 2.23. The van der Waals surface area contributed by atoms with Gasteiger partial charge in [0.1, 0.15) is 25.4 Å². The zero-order valence-corrected chi connectivity index (χ0v) is 21.6. The van der Waals surface area contributed by atoms with E-state index in [4.69, 9.17) is 18.9 Å². The third-order valence-electron chi connectivity index (χ3n) is 6.41. The highest BCUT2D eigenvalue weighted by molar-refractivity contribution is 5.91. The van der Waals surface area contributed by atoms with Gasteiger partial charge in [-0.05, 0) is 51.4 Å². The molecular weight excluding hydrogens is 468 g/mol. The van der Waals surface area contributed by atoms with Gasteiger partial charge in [-0.15, -0.1) is 0 Å². The Balaban J connectivity index is 1.52. The molecule has 2 saturated carbocycles. The molecule has 2 N–H and O–H groups in total. The van der Waals surface area contributed by atoms with Crippen LogP contribution in [-0.2, 0) is 28.5 Å². The summed E-state index contributed by atoms with van der Waals surface area (Å²) in [6, 6.07) is 0. The number of hydrogen-bond acceptors (Lipinski definition) is 8. The fourth-order valence-corrected chi connectivity index (χ4v) is 4.39. The van der Waals surface area contributed by atoms with Crippen LogP contribution in [0.25, 0.3) is 0 Å². The number of alkyl carbamates (subject to hydrolysis) is 2. The molecule has 10 heteroatoms. The molecule has 2 aliphatic carbocycles. The normalized spacial score (nSPS) is 18.6. The van der Waals surface area contributed by atoms with Gasteiger partial charge in [0.25, 0.3) is 0 Å². The van der Waals surface area contributed by atoms with Gasteiger partial charge in [0.2, 0.25) is 0 Å². The van der Waals surface area contributed by atoms with E-state index >= 15 is 0 Å². The summed E-state index contributed by atoms with van der Waals surface area (Å²) in [5.41, 5.74) is 0. The van der Waals surface area contributed by atoms with Crippen LogP contribution in [0.5, 0.6) is 0 Å². The van der Waals surface area contributed by atoms with Crippen LogP contribution >= 0.6 is 0 Å². The van der Waals surface area contributed by atoms with Crippen molar-refractivity contribution in [2.75, 3.05) is 26.3 Å². The van der Waals surface area contributed by atoms with Crippen LogP contribution in [0.4, 0.5) is 9.59 Å². The van der Waals surface area contributed by atoms with Crippen LogP contribution in [-0.4, -0.2) is 62.6 Å². The molecule has 2 atom stereocenters. The zero-order chi connectivity index (χ0) is 26.2. The van der Waals surface area contributed by atoms with Crippen molar-refractivity contribution in [1.29, 1.82) is 0 Å². The highest BCUT2D eigenvalue weighted by Gasteiger charge is 2.18. The van der Waals surface area contributed by atoms with E-state index in [0.29, 0.717) is 24.9 Å². The van der Waals surface area contributed by atoms with Gasteiger partial charge in [-0.25, -0.2) is 19.2 Å². The molecular formula is C26H42N2O8. The van der Waals surface area contributed by atoms with E-state index < -0.39 is 36.3 Å². The van der Waals surface area contributed by atoms with Crippen molar-refractivity contribution in [1.82, 2.24) is 10.6 Å². The van der Waals surface area contributed by atoms with E-state index in [9.17, 15) is 19.2 Å². The minimum absolute atomic E-state index is 0.143. The first-order valence-electron chi connectivity index (χ1n) is 13.2. The minimum atomic E-state index is -0.767. The number of amides is 2. The SMILES string of the molecule is C[C@H](COC(=O)/C=C/C(=O)OC[C@@H](C)OC(=O)NCC1CCCCC1)OC(=O)NCC1CCCCC1. The van der Waals surface area contributed by atoms with Crippen molar-refractivity contribution in [3.05, 3.63) is 12.2 Å². The number of ether oxygens (including phenoxy) is 4. The lowest BCUT2D eigenvalue weighted by Gasteiger charge is -2.22. The van der Waals surface area contributed by atoms with E-state index in [-0.39, 0.29) is 13.2 Å². The maximum absolute atomic E-state index is 11.9. The second-order valence-corrected chi connectivity index (χ2v) is 9.80. The predicted molar refractivity (Wildman–Crippen MR) is 132 cm³/mol. The summed E-state index contributed by atoms with van der Waals surface area (Å²) in [4.78, 5) is 47.4. The summed E-state index contributed by atoms with van der Waals surface area (Å²) in [5.74, 6) is -0.558. The summed E-state index contributed by atoms with van der Waals surface area (Å²) in [6.45, 7) is 4.11. The Morgan fingerprint density at radius 2 is 1.03 bits per heavy atom. The van der Waals surface area contributed by atoms with Crippen molar-refractivity contribution in [2.24, 2.45) is 11.8 Å². The predicted octanol–water partition coefficient (Wildman–Crippen LogP) is 4.02. The molecule has 0 aromatic rings. The average molecular weight is 511 g/mol. The molecule has 2 amide bonds. The Labute approximate surface area is 213 Å². The number of esters is 2. The number of carbonyl (C=O) groups is 4. The quantitative estimate of drug-likeness (QED) is 0.229.